The smallest absolute Gasteiger partial charge is 0.320 e. The zero-order chi connectivity index (χ0) is 37.6. The molecule has 3 aromatic carbocycles. The number of anilines is 2. The van der Waals surface area contributed by atoms with Crippen molar-refractivity contribution in [1.82, 2.24) is 20.1 Å². The molecular weight excluding hydrogens is 681 g/mol. The number of pyridine rings is 1. The van der Waals surface area contributed by atoms with Gasteiger partial charge in [-0.2, -0.15) is 0 Å². The van der Waals surface area contributed by atoms with Crippen molar-refractivity contribution in [2.75, 3.05) is 50.0 Å². The van der Waals surface area contributed by atoms with Gasteiger partial charge in [0.05, 0.1) is 17.4 Å². The van der Waals surface area contributed by atoms with Gasteiger partial charge in [-0.15, -0.1) is 0 Å². The Kier molecular flexibility index (Phi) is 11.3. The van der Waals surface area contributed by atoms with Gasteiger partial charge in [-0.25, -0.2) is 0 Å². The van der Waals surface area contributed by atoms with Crippen LogP contribution in [0.3, 0.4) is 0 Å². The van der Waals surface area contributed by atoms with Gasteiger partial charge >= 0.3 is 5.97 Å². The molecule has 3 amide bonds. The monoisotopic (exact) mass is 728 g/mol. The molecule has 4 aromatic rings. The first-order valence-corrected chi connectivity index (χ1v) is 19.1. The molecule has 1 aromatic heterocycles. The molecule has 0 spiro atoms. The lowest BCUT2D eigenvalue weighted by Crippen LogP contribution is -2.41. The summed E-state index contributed by atoms with van der Waals surface area (Å²) in [5.41, 5.74) is 6.43. The molecule has 0 radical (unpaired) electrons. The van der Waals surface area contributed by atoms with Crippen LogP contribution in [0, 0.1) is 0 Å². The molecule has 280 valence electrons. The van der Waals surface area contributed by atoms with Crippen LogP contribution in [0.2, 0.25) is 0 Å². The van der Waals surface area contributed by atoms with Crippen LogP contribution >= 0.6 is 0 Å². The van der Waals surface area contributed by atoms with Crippen molar-refractivity contribution in [2.24, 2.45) is 0 Å². The molecule has 0 saturated carbocycles. The zero-order valence-electron chi connectivity index (χ0n) is 30.8. The number of fused-ring (bicyclic) bond motifs is 1. The Morgan fingerprint density at radius 3 is 2.44 bits per heavy atom. The SMILES string of the molecule is CN(CCN1CCCC1C(=O)O)C(=O)c1cccc(C(=O)Nc2ccc(N3CCCCC3)cc2-c2cc(C(=O)NC3CCCc4ccccc43)ccn2)c1. The quantitative estimate of drug-likeness (QED) is 0.161. The molecule has 2 atom stereocenters. The number of carbonyl (C=O) groups is 4. The number of nitrogens with one attached hydrogen (secondary N) is 2. The van der Waals surface area contributed by atoms with Gasteiger partial charge in [0, 0.05) is 67.4 Å². The molecule has 3 aliphatic rings. The second kappa shape index (κ2) is 16.6. The Hall–Kier alpha value is -5.55. The highest BCUT2D eigenvalue weighted by Crippen LogP contribution is 2.34. The van der Waals surface area contributed by atoms with E-state index in [1.807, 2.05) is 35.2 Å². The van der Waals surface area contributed by atoms with E-state index in [-0.39, 0.29) is 23.8 Å². The Morgan fingerprint density at radius 1 is 0.815 bits per heavy atom. The molecule has 3 N–H and O–H groups in total. The van der Waals surface area contributed by atoms with Crippen LogP contribution in [0.5, 0.6) is 0 Å². The first-order chi connectivity index (χ1) is 26.2. The molecule has 2 unspecified atom stereocenters. The van der Waals surface area contributed by atoms with Crippen molar-refractivity contribution in [3.8, 4) is 11.3 Å². The third-order valence-corrected chi connectivity index (χ3v) is 11.0. The Balaban J connectivity index is 1.10. The number of nitrogens with zero attached hydrogens (tertiary/aromatic N) is 4. The van der Waals surface area contributed by atoms with Gasteiger partial charge in [0.25, 0.3) is 17.7 Å². The number of rotatable bonds is 11. The van der Waals surface area contributed by atoms with Crippen LogP contribution in [-0.4, -0.2) is 89.4 Å². The van der Waals surface area contributed by atoms with Crippen LogP contribution in [0.4, 0.5) is 11.4 Å². The van der Waals surface area contributed by atoms with Crippen molar-refractivity contribution in [1.29, 1.82) is 0 Å². The molecule has 3 heterocycles. The molecule has 1 aliphatic carbocycles. The highest BCUT2D eigenvalue weighted by molar-refractivity contribution is 6.08. The average molecular weight is 729 g/mol. The average Bonchev–Trinajstić information content (AvgIpc) is 3.70. The number of likely N-dealkylation sites (N-methyl/N-ethyl adjacent to an activating group) is 1. The maximum absolute atomic E-state index is 13.8. The normalized spacial score (nSPS) is 18.4. The van der Waals surface area contributed by atoms with E-state index in [1.54, 1.807) is 54.5 Å². The Labute approximate surface area is 316 Å². The van der Waals surface area contributed by atoms with Crippen LogP contribution < -0.4 is 15.5 Å². The number of likely N-dealkylation sites (tertiary alicyclic amines) is 1. The Morgan fingerprint density at radius 2 is 1.61 bits per heavy atom. The maximum Gasteiger partial charge on any atom is 0.320 e. The fraction of sp³-hybridized carbons (Fsp3) is 0.372. The number of benzene rings is 3. The number of carboxylic acids is 1. The maximum atomic E-state index is 13.8. The molecule has 2 saturated heterocycles. The fourth-order valence-corrected chi connectivity index (χ4v) is 8.03. The van der Waals surface area contributed by atoms with E-state index < -0.39 is 12.0 Å². The van der Waals surface area contributed by atoms with E-state index in [0.29, 0.717) is 59.7 Å². The number of amides is 3. The Bertz CT molecular complexity index is 2030. The van der Waals surface area contributed by atoms with E-state index in [9.17, 15) is 24.3 Å². The van der Waals surface area contributed by atoms with Crippen LogP contribution in [0.1, 0.15) is 93.2 Å². The molecule has 2 aliphatic heterocycles. The summed E-state index contributed by atoms with van der Waals surface area (Å²) < 4.78 is 0. The van der Waals surface area contributed by atoms with Gasteiger partial charge in [0.1, 0.15) is 6.04 Å². The summed E-state index contributed by atoms with van der Waals surface area (Å²) in [7, 11) is 1.69. The van der Waals surface area contributed by atoms with Gasteiger partial charge in [-0.05, 0) is 118 Å². The minimum Gasteiger partial charge on any atom is -0.480 e. The van der Waals surface area contributed by atoms with Crippen LogP contribution in [-0.2, 0) is 11.2 Å². The number of carboxylic acid groups (broad SMARTS) is 1. The summed E-state index contributed by atoms with van der Waals surface area (Å²) in [5, 5.41) is 15.8. The van der Waals surface area contributed by atoms with Gasteiger partial charge in [-0.3, -0.25) is 29.1 Å². The summed E-state index contributed by atoms with van der Waals surface area (Å²) in [6.45, 7) is 3.40. The fourth-order valence-electron chi connectivity index (χ4n) is 8.03. The standard InChI is InChI=1S/C43H48N6O5/c1-47(24-25-49-23-9-16-39(49)43(53)54)42(52)32-13-7-12-30(26-32)40(50)46-37-18-17-33(48-21-5-2-6-22-48)28-35(37)38-27-31(19-20-44-38)41(51)45-36-15-8-11-29-10-3-4-14-34(29)36/h3-4,7,10,12-14,17-20,26-28,36,39H,2,5-6,8-9,11,15-16,21-25H2,1H3,(H,45,51)(H,46,50)(H,53,54). The number of piperidine rings is 1. The minimum atomic E-state index is -0.834. The minimum absolute atomic E-state index is 0.0619. The van der Waals surface area contributed by atoms with E-state index in [4.69, 9.17) is 0 Å². The van der Waals surface area contributed by atoms with E-state index >= 15 is 0 Å². The largest absolute Gasteiger partial charge is 0.480 e. The van der Waals surface area contributed by atoms with Gasteiger partial charge < -0.3 is 25.5 Å². The third kappa shape index (κ3) is 8.31. The molecular formula is C43H48N6O5. The van der Waals surface area contributed by atoms with Gasteiger partial charge in [0.15, 0.2) is 0 Å². The molecule has 7 rings (SSSR count). The number of hydrogen-bond donors (Lipinski definition) is 3. The summed E-state index contributed by atoms with van der Waals surface area (Å²) in [5.74, 6) is -1.64. The highest BCUT2D eigenvalue weighted by Gasteiger charge is 2.30. The number of aliphatic carboxylic acids is 1. The predicted molar refractivity (Wildman–Crippen MR) is 209 cm³/mol. The summed E-state index contributed by atoms with van der Waals surface area (Å²) in [4.78, 5) is 63.0. The zero-order valence-corrected chi connectivity index (χ0v) is 30.8. The summed E-state index contributed by atoms with van der Waals surface area (Å²) in [6, 6.07) is 23.7. The number of hydrogen-bond acceptors (Lipinski definition) is 7. The lowest BCUT2D eigenvalue weighted by Gasteiger charge is -2.29. The summed E-state index contributed by atoms with van der Waals surface area (Å²) in [6.07, 6.45) is 9.38. The number of aromatic nitrogens is 1. The third-order valence-electron chi connectivity index (χ3n) is 11.0. The molecule has 54 heavy (non-hydrogen) atoms. The van der Waals surface area contributed by atoms with Crippen molar-refractivity contribution in [2.45, 2.75) is 63.5 Å². The topological polar surface area (TPSA) is 135 Å². The van der Waals surface area contributed by atoms with Gasteiger partial charge in [-0.1, -0.05) is 30.3 Å². The lowest BCUT2D eigenvalue weighted by molar-refractivity contribution is -0.142. The molecule has 11 nitrogen and oxygen atoms in total. The van der Waals surface area contributed by atoms with E-state index in [2.05, 4.69) is 32.7 Å². The second-order valence-corrected chi connectivity index (χ2v) is 14.6. The lowest BCUT2D eigenvalue weighted by atomic mass is 9.87. The van der Waals surface area contributed by atoms with E-state index in [0.717, 1.165) is 57.3 Å². The number of carbonyl (C=O) groups excluding carboxylic acids is 3. The van der Waals surface area contributed by atoms with Gasteiger partial charge in [0.2, 0.25) is 0 Å². The first kappa shape index (κ1) is 36.8. The van der Waals surface area contributed by atoms with Crippen molar-refractivity contribution < 1.29 is 24.3 Å². The number of aryl methyl sites for hydroxylation is 1. The predicted octanol–water partition coefficient (Wildman–Crippen LogP) is 6.42. The van der Waals surface area contributed by atoms with E-state index in [1.165, 1.54) is 17.5 Å². The first-order valence-electron chi connectivity index (χ1n) is 19.1. The summed E-state index contributed by atoms with van der Waals surface area (Å²) >= 11 is 0. The van der Waals surface area contributed by atoms with Crippen molar-refractivity contribution in [3.05, 3.63) is 113 Å². The van der Waals surface area contributed by atoms with Crippen LogP contribution in [0.15, 0.2) is 85.1 Å². The van der Waals surface area contributed by atoms with Crippen LogP contribution in [0.25, 0.3) is 11.3 Å². The van der Waals surface area contributed by atoms with Crippen molar-refractivity contribution >= 4 is 35.1 Å². The molecule has 11 heteroatoms. The molecule has 0 bridgehead atoms. The second-order valence-electron chi connectivity index (χ2n) is 14.6. The highest BCUT2D eigenvalue weighted by atomic mass is 16.4. The van der Waals surface area contributed by atoms with Crippen molar-refractivity contribution in [3.63, 3.8) is 0 Å². The molecule has 2 fully saturated rings.